The van der Waals surface area contributed by atoms with Crippen LogP contribution < -0.4 is 5.73 Å². The van der Waals surface area contributed by atoms with Crippen LogP contribution in [0.5, 0.6) is 0 Å². The number of carbonyl (C=O) groups excluding carboxylic acids is 1. The molecule has 0 saturated heterocycles. The number of non-ortho nitro benzene ring substituents is 1. The van der Waals surface area contributed by atoms with Crippen molar-refractivity contribution < 1.29 is 14.1 Å². The zero-order chi connectivity index (χ0) is 15.3. The van der Waals surface area contributed by atoms with Crippen molar-refractivity contribution in [2.75, 3.05) is 5.75 Å². The lowest BCUT2D eigenvalue weighted by Crippen LogP contribution is -2.27. The highest BCUT2D eigenvalue weighted by atomic mass is 32.2. The fourth-order valence-corrected chi connectivity index (χ4v) is 2.72. The van der Waals surface area contributed by atoms with E-state index < -0.39 is 21.4 Å². The first kappa shape index (κ1) is 15.9. The van der Waals surface area contributed by atoms with Crippen molar-refractivity contribution in [1.82, 2.24) is 0 Å². The van der Waals surface area contributed by atoms with E-state index in [1.807, 2.05) is 6.07 Å². The topological polar surface area (TPSA) is 110 Å². The van der Waals surface area contributed by atoms with E-state index in [1.165, 1.54) is 6.92 Å². The zero-order valence-corrected chi connectivity index (χ0v) is 11.4. The molecule has 6 nitrogen and oxygen atoms in total. The highest BCUT2D eigenvalue weighted by Crippen LogP contribution is 2.41. The normalized spacial score (nSPS) is 13.2. The van der Waals surface area contributed by atoms with E-state index in [1.54, 1.807) is 0 Å². The number of nitro groups is 1. The highest BCUT2D eigenvalue weighted by Gasteiger charge is 2.33. The van der Waals surface area contributed by atoms with Crippen molar-refractivity contribution in [3.05, 3.63) is 39.7 Å². The Morgan fingerprint density at radius 2 is 2.30 bits per heavy atom. The maximum Gasteiger partial charge on any atom is 0.269 e. The number of hydrogen-bond acceptors (Lipinski definition) is 5. The molecular weight excluding hydrogens is 285 g/mol. The summed E-state index contributed by atoms with van der Waals surface area (Å²) in [6.07, 6.45) is -0.225. The Kier molecular flexibility index (Phi) is 5.05. The minimum absolute atomic E-state index is 0.00586. The molecule has 1 atom stereocenters. The number of nitro benzene ring substituents is 1. The lowest BCUT2D eigenvalue weighted by atomic mass is 9.95. The zero-order valence-electron chi connectivity index (χ0n) is 10.6. The molecule has 0 spiro atoms. The summed E-state index contributed by atoms with van der Waals surface area (Å²) >= 11 is 1.02. The van der Waals surface area contributed by atoms with Crippen LogP contribution in [0, 0.1) is 27.3 Å². The number of hydrogen-bond donors (Lipinski definition) is 1. The van der Waals surface area contributed by atoms with Gasteiger partial charge in [0.1, 0.15) is 5.82 Å². The molecule has 20 heavy (non-hydrogen) atoms. The standard InChI is InChI=1S/C12H12FN3O3S/c1-12(7-11(15)17,20-5-4-14)9-6-8(16(18)19)2-3-10(9)13/h2-3,6H,5,7H2,1H3,(H2,15,17)/t12-/m0/s1. The summed E-state index contributed by atoms with van der Waals surface area (Å²) in [6, 6.07) is 4.96. The monoisotopic (exact) mass is 297 g/mol. The van der Waals surface area contributed by atoms with Crippen LogP contribution in [0.25, 0.3) is 0 Å². The molecule has 1 rings (SSSR count). The minimum Gasteiger partial charge on any atom is -0.370 e. The Balaban J connectivity index is 3.32. The molecular formula is C12H12FN3O3S. The predicted molar refractivity (Wildman–Crippen MR) is 72.3 cm³/mol. The molecule has 2 N–H and O–H groups in total. The molecule has 0 fully saturated rings. The number of halogens is 1. The van der Waals surface area contributed by atoms with E-state index in [0.29, 0.717) is 0 Å². The molecule has 1 aromatic rings. The molecule has 1 amide bonds. The van der Waals surface area contributed by atoms with Crippen LogP contribution in [-0.4, -0.2) is 16.6 Å². The van der Waals surface area contributed by atoms with Gasteiger partial charge in [-0.05, 0) is 13.0 Å². The molecule has 0 radical (unpaired) electrons. The summed E-state index contributed by atoms with van der Waals surface area (Å²) in [4.78, 5) is 21.3. The van der Waals surface area contributed by atoms with Gasteiger partial charge in [-0.15, -0.1) is 11.8 Å². The predicted octanol–water partition coefficient (Wildman–Crippen LogP) is 2.08. The lowest BCUT2D eigenvalue weighted by Gasteiger charge is -2.27. The Morgan fingerprint density at radius 1 is 1.65 bits per heavy atom. The summed E-state index contributed by atoms with van der Waals surface area (Å²) in [5.74, 6) is -1.35. The summed E-state index contributed by atoms with van der Waals surface area (Å²) in [5, 5.41) is 19.4. The van der Waals surface area contributed by atoms with Gasteiger partial charge >= 0.3 is 0 Å². The molecule has 0 aliphatic rings. The maximum atomic E-state index is 13.9. The molecule has 0 aromatic heterocycles. The van der Waals surface area contributed by atoms with Gasteiger partial charge < -0.3 is 5.73 Å². The average Bonchev–Trinajstić information content (AvgIpc) is 2.35. The van der Waals surface area contributed by atoms with Gasteiger partial charge in [0.25, 0.3) is 5.69 Å². The van der Waals surface area contributed by atoms with Gasteiger partial charge in [0.2, 0.25) is 5.91 Å². The Hall–Kier alpha value is -2.14. The Labute approximate surface area is 118 Å². The van der Waals surface area contributed by atoms with Gasteiger partial charge in [0.15, 0.2) is 0 Å². The number of thioether (sulfide) groups is 1. The van der Waals surface area contributed by atoms with Gasteiger partial charge in [-0.2, -0.15) is 5.26 Å². The summed E-state index contributed by atoms with van der Waals surface area (Å²) in [6.45, 7) is 1.53. The van der Waals surface area contributed by atoms with Crippen molar-refractivity contribution in [3.63, 3.8) is 0 Å². The number of primary amides is 1. The van der Waals surface area contributed by atoms with Crippen molar-refractivity contribution in [2.45, 2.75) is 18.1 Å². The third-order valence-electron chi connectivity index (χ3n) is 2.70. The number of nitriles is 1. The first-order valence-corrected chi connectivity index (χ1v) is 6.52. The fourth-order valence-electron chi connectivity index (χ4n) is 1.78. The number of benzene rings is 1. The van der Waals surface area contributed by atoms with E-state index in [9.17, 15) is 19.3 Å². The number of amides is 1. The average molecular weight is 297 g/mol. The molecule has 1 aromatic carbocycles. The van der Waals surface area contributed by atoms with Crippen LogP contribution in [0.4, 0.5) is 10.1 Å². The number of carbonyl (C=O) groups is 1. The number of rotatable bonds is 6. The van der Waals surface area contributed by atoms with Gasteiger partial charge in [0, 0.05) is 24.1 Å². The van der Waals surface area contributed by atoms with E-state index in [2.05, 4.69) is 0 Å². The van der Waals surface area contributed by atoms with Crippen LogP contribution in [0.2, 0.25) is 0 Å². The second kappa shape index (κ2) is 6.34. The van der Waals surface area contributed by atoms with Gasteiger partial charge in [-0.3, -0.25) is 14.9 Å². The second-order valence-electron chi connectivity index (χ2n) is 4.24. The maximum absolute atomic E-state index is 13.9. The SMILES string of the molecule is C[C@@](CC(N)=O)(SCC#N)c1cc([N+](=O)[O-])ccc1F. The molecule has 8 heteroatoms. The van der Waals surface area contributed by atoms with Gasteiger partial charge in [0.05, 0.1) is 21.5 Å². The largest absolute Gasteiger partial charge is 0.370 e. The molecule has 0 bridgehead atoms. The highest BCUT2D eigenvalue weighted by molar-refractivity contribution is 8.00. The fraction of sp³-hybridized carbons (Fsp3) is 0.333. The summed E-state index contributed by atoms with van der Waals surface area (Å²) in [7, 11) is 0. The molecule has 0 heterocycles. The molecule has 0 aliphatic carbocycles. The first-order chi connectivity index (χ1) is 9.30. The van der Waals surface area contributed by atoms with Crippen LogP contribution >= 0.6 is 11.8 Å². The van der Waals surface area contributed by atoms with Crippen molar-refractivity contribution >= 4 is 23.4 Å². The van der Waals surface area contributed by atoms with Gasteiger partial charge in [-0.25, -0.2) is 4.39 Å². The Morgan fingerprint density at radius 3 is 2.80 bits per heavy atom. The van der Waals surface area contributed by atoms with Crippen LogP contribution in [-0.2, 0) is 9.54 Å². The van der Waals surface area contributed by atoms with E-state index in [4.69, 9.17) is 11.0 Å². The van der Waals surface area contributed by atoms with E-state index in [0.717, 1.165) is 30.0 Å². The van der Waals surface area contributed by atoms with Crippen LogP contribution in [0.1, 0.15) is 18.9 Å². The summed E-state index contributed by atoms with van der Waals surface area (Å²) in [5.41, 5.74) is 4.85. The molecule has 0 saturated carbocycles. The molecule has 0 unspecified atom stereocenters. The Bertz CT molecular complexity index is 588. The first-order valence-electron chi connectivity index (χ1n) is 5.54. The minimum atomic E-state index is -1.13. The van der Waals surface area contributed by atoms with Crippen molar-refractivity contribution in [2.24, 2.45) is 5.73 Å². The molecule has 106 valence electrons. The van der Waals surface area contributed by atoms with Gasteiger partial charge in [-0.1, -0.05) is 0 Å². The quantitative estimate of drug-likeness (QED) is 0.638. The van der Waals surface area contributed by atoms with E-state index >= 15 is 0 Å². The smallest absolute Gasteiger partial charge is 0.269 e. The van der Waals surface area contributed by atoms with Crippen LogP contribution in [0.3, 0.4) is 0 Å². The van der Waals surface area contributed by atoms with Crippen molar-refractivity contribution in [3.8, 4) is 6.07 Å². The summed E-state index contributed by atoms with van der Waals surface area (Å²) < 4.78 is 12.8. The van der Waals surface area contributed by atoms with Crippen molar-refractivity contribution in [1.29, 1.82) is 5.26 Å². The third kappa shape index (κ3) is 3.68. The van der Waals surface area contributed by atoms with Crippen LogP contribution in [0.15, 0.2) is 18.2 Å². The lowest BCUT2D eigenvalue weighted by molar-refractivity contribution is -0.385. The second-order valence-corrected chi connectivity index (χ2v) is 5.72. The van der Waals surface area contributed by atoms with E-state index in [-0.39, 0.29) is 23.4 Å². The molecule has 0 aliphatic heterocycles. The number of nitrogens with two attached hydrogens (primary N) is 1. The number of nitrogens with zero attached hydrogens (tertiary/aromatic N) is 2. The third-order valence-corrected chi connectivity index (χ3v) is 3.97.